The van der Waals surface area contributed by atoms with Crippen LogP contribution in [0.1, 0.15) is 6.92 Å². The predicted molar refractivity (Wildman–Crippen MR) is 43.6 cm³/mol. The summed E-state index contributed by atoms with van der Waals surface area (Å²) in [5.74, 6) is 0.212. The normalized spacial score (nSPS) is 14.6. The third-order valence-electron chi connectivity index (χ3n) is 0.739. The van der Waals surface area contributed by atoms with Crippen LogP contribution < -0.4 is 5.73 Å². The molecule has 0 spiro atoms. The van der Waals surface area contributed by atoms with Crippen molar-refractivity contribution in [1.29, 1.82) is 0 Å². The zero-order valence-corrected chi connectivity index (χ0v) is 6.47. The van der Waals surface area contributed by atoms with Crippen molar-refractivity contribution in [2.75, 3.05) is 0 Å². The highest BCUT2D eigenvalue weighted by Crippen LogP contribution is 2.02. The largest absolute Gasteiger partial charge is 0.513 e. The molecule has 0 aliphatic carbocycles. The molecule has 0 aromatic rings. The highest BCUT2D eigenvalue weighted by molar-refractivity contribution is 6.31. The van der Waals surface area contributed by atoms with Crippen LogP contribution in [0.15, 0.2) is 35.2 Å². The van der Waals surface area contributed by atoms with E-state index in [0.717, 1.165) is 0 Å². The van der Waals surface area contributed by atoms with E-state index in [1.807, 2.05) is 0 Å². The van der Waals surface area contributed by atoms with Gasteiger partial charge in [-0.2, -0.15) is 0 Å². The summed E-state index contributed by atoms with van der Waals surface area (Å²) in [5, 5.41) is 9.15. The van der Waals surface area contributed by atoms with Gasteiger partial charge in [0.2, 0.25) is 0 Å². The van der Waals surface area contributed by atoms with Crippen molar-refractivity contribution in [2.45, 2.75) is 6.92 Å². The lowest BCUT2D eigenvalue weighted by molar-refractivity contribution is 0.414. The van der Waals surface area contributed by atoms with E-state index in [4.69, 9.17) is 22.4 Å². The molecule has 3 heteroatoms. The number of aliphatic hydroxyl groups excluding tert-OH is 1. The minimum Gasteiger partial charge on any atom is -0.513 e. The second kappa shape index (κ2) is 4.94. The second-order valence-electron chi connectivity index (χ2n) is 1.72. The minimum atomic E-state index is 0.212. The lowest BCUT2D eigenvalue weighted by Crippen LogP contribution is -1.75. The Balaban J connectivity index is 4.05. The Kier molecular flexibility index (Phi) is 4.50. The van der Waals surface area contributed by atoms with Crippen molar-refractivity contribution >= 4 is 11.6 Å². The van der Waals surface area contributed by atoms with E-state index in [-0.39, 0.29) is 5.76 Å². The van der Waals surface area contributed by atoms with E-state index in [0.29, 0.717) is 5.03 Å². The van der Waals surface area contributed by atoms with Crippen LogP contribution in [-0.2, 0) is 0 Å². The highest BCUT2D eigenvalue weighted by atomic mass is 35.5. The summed E-state index contributed by atoms with van der Waals surface area (Å²) in [6, 6.07) is 0. The lowest BCUT2D eigenvalue weighted by atomic mass is 10.4. The van der Waals surface area contributed by atoms with Gasteiger partial charge in [0.1, 0.15) is 0 Å². The molecule has 0 aliphatic heterocycles. The molecule has 2 nitrogen and oxygen atoms in total. The second-order valence-corrected chi connectivity index (χ2v) is 2.16. The number of aliphatic hydroxyl groups is 1. The minimum absolute atomic E-state index is 0.212. The van der Waals surface area contributed by atoms with Gasteiger partial charge in [-0.25, -0.2) is 0 Å². The summed E-state index contributed by atoms with van der Waals surface area (Å²) in [4.78, 5) is 0. The average molecular weight is 160 g/mol. The highest BCUT2D eigenvalue weighted by Gasteiger charge is 1.80. The maximum absolute atomic E-state index is 8.67. The monoisotopic (exact) mass is 159 g/mol. The SMILES string of the molecule is C\C(O)=C/C=C(Cl)\C=C\N. The molecular weight excluding hydrogens is 150 g/mol. The van der Waals surface area contributed by atoms with E-state index < -0.39 is 0 Å². The average Bonchev–Trinajstić information content (AvgIpc) is 1.85. The van der Waals surface area contributed by atoms with Gasteiger partial charge in [0.05, 0.1) is 5.76 Å². The molecule has 0 rings (SSSR count). The lowest BCUT2D eigenvalue weighted by Gasteiger charge is -1.84. The van der Waals surface area contributed by atoms with E-state index in [1.165, 1.54) is 18.4 Å². The zero-order chi connectivity index (χ0) is 7.98. The van der Waals surface area contributed by atoms with Gasteiger partial charge in [-0.05, 0) is 31.4 Å². The van der Waals surface area contributed by atoms with Crippen molar-refractivity contribution in [3.8, 4) is 0 Å². The molecule has 0 heterocycles. The van der Waals surface area contributed by atoms with E-state index in [2.05, 4.69) is 0 Å². The van der Waals surface area contributed by atoms with Gasteiger partial charge < -0.3 is 10.8 Å². The van der Waals surface area contributed by atoms with Crippen molar-refractivity contribution in [1.82, 2.24) is 0 Å². The molecule has 0 aliphatic rings. The molecule has 0 bridgehead atoms. The molecule has 3 N–H and O–H groups in total. The molecule has 10 heavy (non-hydrogen) atoms. The number of hydrogen-bond acceptors (Lipinski definition) is 2. The molecule has 0 unspecified atom stereocenters. The van der Waals surface area contributed by atoms with Gasteiger partial charge in [-0.15, -0.1) is 0 Å². The Hall–Kier alpha value is -0.890. The van der Waals surface area contributed by atoms with Crippen LogP contribution in [0.25, 0.3) is 0 Å². The Labute approximate surface area is 65.3 Å². The summed E-state index contributed by atoms with van der Waals surface area (Å²) < 4.78 is 0. The smallest absolute Gasteiger partial charge is 0.0892 e. The number of allylic oxidation sites excluding steroid dienone is 5. The van der Waals surface area contributed by atoms with Crippen LogP contribution in [0, 0.1) is 0 Å². The molecular formula is C7H10ClNO. The van der Waals surface area contributed by atoms with E-state index in [1.54, 1.807) is 13.0 Å². The molecule has 0 atom stereocenters. The summed E-state index contributed by atoms with van der Waals surface area (Å²) in [6.07, 6.45) is 5.91. The maximum atomic E-state index is 8.67. The number of nitrogens with two attached hydrogens (primary N) is 1. The number of rotatable bonds is 2. The molecule has 0 aromatic carbocycles. The van der Waals surface area contributed by atoms with Crippen molar-refractivity contribution in [2.24, 2.45) is 5.73 Å². The standard InChI is InChI=1S/C7H10ClNO/c1-6(10)2-3-7(8)4-5-9/h2-5,10H,9H2,1H3/b5-4+,6-2+,7-3+. The van der Waals surface area contributed by atoms with E-state index in [9.17, 15) is 0 Å². The van der Waals surface area contributed by atoms with Crippen LogP contribution in [0.3, 0.4) is 0 Å². The summed E-state index contributed by atoms with van der Waals surface area (Å²) in [6.45, 7) is 1.56. The first kappa shape index (κ1) is 9.11. The fraction of sp³-hybridized carbons (Fsp3) is 0.143. The Morgan fingerprint density at radius 3 is 2.50 bits per heavy atom. The first-order valence-electron chi connectivity index (χ1n) is 2.78. The van der Waals surface area contributed by atoms with E-state index >= 15 is 0 Å². The van der Waals surface area contributed by atoms with Gasteiger partial charge in [-0.1, -0.05) is 11.6 Å². The van der Waals surface area contributed by atoms with Gasteiger partial charge in [0.25, 0.3) is 0 Å². The summed E-state index contributed by atoms with van der Waals surface area (Å²) in [7, 11) is 0. The molecule has 0 saturated heterocycles. The first-order chi connectivity index (χ1) is 4.66. The van der Waals surface area contributed by atoms with Crippen LogP contribution in [0.5, 0.6) is 0 Å². The van der Waals surface area contributed by atoms with Crippen molar-refractivity contribution < 1.29 is 5.11 Å². The molecule has 0 saturated carbocycles. The van der Waals surface area contributed by atoms with Gasteiger partial charge in [-0.3, -0.25) is 0 Å². The molecule has 0 amide bonds. The van der Waals surface area contributed by atoms with Crippen molar-refractivity contribution in [3.05, 3.63) is 35.2 Å². The zero-order valence-electron chi connectivity index (χ0n) is 5.71. The maximum Gasteiger partial charge on any atom is 0.0892 e. The van der Waals surface area contributed by atoms with Gasteiger partial charge in [0, 0.05) is 5.03 Å². The third-order valence-corrected chi connectivity index (χ3v) is 0.991. The van der Waals surface area contributed by atoms with Gasteiger partial charge in [0.15, 0.2) is 0 Å². The molecule has 0 radical (unpaired) electrons. The first-order valence-corrected chi connectivity index (χ1v) is 3.16. The predicted octanol–water partition coefficient (Wildman–Crippen LogP) is 2.04. The van der Waals surface area contributed by atoms with Gasteiger partial charge >= 0.3 is 0 Å². The fourth-order valence-corrected chi connectivity index (χ4v) is 0.483. The van der Waals surface area contributed by atoms with Crippen LogP contribution in [0.2, 0.25) is 0 Å². The summed E-state index contributed by atoms with van der Waals surface area (Å²) in [5.41, 5.74) is 5.05. The third kappa shape index (κ3) is 5.25. The van der Waals surface area contributed by atoms with Crippen LogP contribution >= 0.6 is 11.6 Å². The molecule has 0 fully saturated rings. The Morgan fingerprint density at radius 2 is 2.10 bits per heavy atom. The topological polar surface area (TPSA) is 46.2 Å². The fourth-order valence-electron chi connectivity index (χ4n) is 0.348. The van der Waals surface area contributed by atoms with Crippen molar-refractivity contribution in [3.63, 3.8) is 0 Å². The Morgan fingerprint density at radius 1 is 1.50 bits per heavy atom. The summed E-state index contributed by atoms with van der Waals surface area (Å²) >= 11 is 5.56. The Bertz CT molecular complexity index is 178. The quantitative estimate of drug-likeness (QED) is 0.479. The number of hydrogen-bond donors (Lipinski definition) is 2. The molecule has 0 aromatic heterocycles. The molecule has 56 valence electrons. The van der Waals surface area contributed by atoms with Crippen LogP contribution in [0.4, 0.5) is 0 Å². The van der Waals surface area contributed by atoms with Crippen LogP contribution in [-0.4, -0.2) is 5.11 Å². The number of halogens is 1.